The summed E-state index contributed by atoms with van der Waals surface area (Å²) in [5.74, 6) is -0.132. The largest absolute Gasteiger partial charge is 0.453 e. The molecule has 1 saturated carbocycles. The second-order valence-corrected chi connectivity index (χ2v) is 11.2. The highest BCUT2D eigenvalue weighted by molar-refractivity contribution is 6.06. The predicted molar refractivity (Wildman–Crippen MR) is 164 cm³/mol. The average Bonchev–Trinajstić information content (AvgIpc) is 3.01. The van der Waals surface area contributed by atoms with Crippen LogP contribution < -0.4 is 16.0 Å². The molecule has 1 heterocycles. The van der Waals surface area contributed by atoms with Gasteiger partial charge in [-0.25, -0.2) is 4.79 Å². The van der Waals surface area contributed by atoms with Crippen molar-refractivity contribution in [2.75, 3.05) is 50.6 Å². The number of anilines is 2. The normalized spacial score (nSPS) is 19.4. The highest BCUT2D eigenvalue weighted by Gasteiger charge is 2.28. The summed E-state index contributed by atoms with van der Waals surface area (Å²) in [6, 6.07) is 24.2. The SMILES string of the molecule is COC(=O)N(Cc1cccc(-c2ccc(N3CCN(C)CC3)c(NC(=O)c3ccccc3)c2)c1)C1CCC(N)CC1. The maximum absolute atomic E-state index is 13.2. The Hall–Kier alpha value is -3.88. The van der Waals surface area contributed by atoms with Gasteiger partial charge in [-0.3, -0.25) is 4.79 Å². The smallest absolute Gasteiger partial charge is 0.410 e. The van der Waals surface area contributed by atoms with Crippen LogP contribution in [0.1, 0.15) is 41.6 Å². The van der Waals surface area contributed by atoms with Gasteiger partial charge in [-0.05, 0) is 79.8 Å². The van der Waals surface area contributed by atoms with E-state index in [-0.39, 0.29) is 24.1 Å². The Kier molecular flexibility index (Phi) is 9.21. The number of hydrogen-bond donors (Lipinski definition) is 2. The lowest BCUT2D eigenvalue weighted by atomic mass is 9.90. The molecule has 5 rings (SSSR count). The number of carbonyl (C=O) groups excluding carboxylic acids is 2. The molecule has 8 nitrogen and oxygen atoms in total. The van der Waals surface area contributed by atoms with Crippen LogP contribution in [0.4, 0.5) is 16.2 Å². The quantitative estimate of drug-likeness (QED) is 0.417. The van der Waals surface area contributed by atoms with Crippen molar-refractivity contribution in [3.8, 4) is 11.1 Å². The van der Waals surface area contributed by atoms with Gasteiger partial charge >= 0.3 is 6.09 Å². The number of nitrogens with one attached hydrogen (secondary N) is 1. The first kappa shape index (κ1) is 28.6. The molecule has 1 saturated heterocycles. The molecule has 0 atom stereocenters. The molecule has 0 bridgehead atoms. The minimum atomic E-state index is -0.307. The van der Waals surface area contributed by atoms with Gasteiger partial charge in [0.15, 0.2) is 0 Å². The molecule has 8 heteroatoms. The summed E-state index contributed by atoms with van der Waals surface area (Å²) in [5.41, 5.74) is 11.6. The first-order valence-electron chi connectivity index (χ1n) is 14.5. The van der Waals surface area contributed by atoms with Gasteiger partial charge in [0.25, 0.3) is 5.91 Å². The van der Waals surface area contributed by atoms with Crippen LogP contribution in [0.15, 0.2) is 72.8 Å². The molecule has 0 aromatic heterocycles. The molecule has 41 heavy (non-hydrogen) atoms. The van der Waals surface area contributed by atoms with Crippen molar-refractivity contribution in [1.29, 1.82) is 0 Å². The van der Waals surface area contributed by atoms with E-state index >= 15 is 0 Å². The van der Waals surface area contributed by atoms with E-state index in [1.165, 1.54) is 7.11 Å². The van der Waals surface area contributed by atoms with E-state index in [2.05, 4.69) is 52.5 Å². The Labute approximate surface area is 243 Å². The van der Waals surface area contributed by atoms with Gasteiger partial charge < -0.3 is 30.5 Å². The molecule has 2 fully saturated rings. The minimum Gasteiger partial charge on any atom is -0.453 e. The Morgan fingerprint density at radius 3 is 2.32 bits per heavy atom. The lowest BCUT2D eigenvalue weighted by molar-refractivity contribution is 0.0879. The Morgan fingerprint density at radius 2 is 1.61 bits per heavy atom. The van der Waals surface area contributed by atoms with Crippen molar-refractivity contribution in [3.63, 3.8) is 0 Å². The van der Waals surface area contributed by atoms with Crippen LogP contribution >= 0.6 is 0 Å². The third-order valence-electron chi connectivity index (χ3n) is 8.33. The summed E-state index contributed by atoms with van der Waals surface area (Å²) in [4.78, 5) is 32.4. The van der Waals surface area contributed by atoms with E-state index in [1.54, 1.807) is 0 Å². The van der Waals surface area contributed by atoms with Crippen LogP contribution in [0.2, 0.25) is 0 Å². The third kappa shape index (κ3) is 7.07. The maximum atomic E-state index is 13.2. The second-order valence-electron chi connectivity index (χ2n) is 11.2. The number of rotatable bonds is 7. The Morgan fingerprint density at radius 1 is 0.902 bits per heavy atom. The molecule has 0 unspecified atom stereocenters. The van der Waals surface area contributed by atoms with Gasteiger partial charge in [0.2, 0.25) is 0 Å². The minimum absolute atomic E-state index is 0.119. The van der Waals surface area contributed by atoms with Gasteiger partial charge in [0, 0.05) is 50.4 Å². The number of likely N-dealkylation sites (N-methyl/N-ethyl adjacent to an activating group) is 1. The van der Waals surface area contributed by atoms with Crippen molar-refractivity contribution < 1.29 is 14.3 Å². The molecule has 0 radical (unpaired) electrons. The monoisotopic (exact) mass is 555 g/mol. The lowest BCUT2D eigenvalue weighted by Gasteiger charge is -2.35. The van der Waals surface area contributed by atoms with Gasteiger partial charge in [-0.15, -0.1) is 0 Å². The number of methoxy groups -OCH3 is 1. The fourth-order valence-electron chi connectivity index (χ4n) is 5.84. The van der Waals surface area contributed by atoms with Crippen LogP contribution in [0.5, 0.6) is 0 Å². The number of nitrogens with zero attached hydrogens (tertiary/aromatic N) is 3. The Bertz CT molecular complexity index is 1330. The maximum Gasteiger partial charge on any atom is 0.410 e. The van der Waals surface area contributed by atoms with Gasteiger partial charge in [-0.2, -0.15) is 0 Å². The number of ether oxygens (including phenoxy) is 1. The molecule has 3 N–H and O–H groups in total. The van der Waals surface area contributed by atoms with Gasteiger partial charge in [-0.1, -0.05) is 42.5 Å². The first-order chi connectivity index (χ1) is 19.9. The van der Waals surface area contributed by atoms with E-state index in [1.807, 2.05) is 47.4 Å². The molecule has 3 aromatic carbocycles. The van der Waals surface area contributed by atoms with Crippen molar-refractivity contribution in [2.24, 2.45) is 5.73 Å². The van der Waals surface area contributed by atoms with Crippen LogP contribution in [0.3, 0.4) is 0 Å². The molecular formula is C33H41N5O3. The van der Waals surface area contributed by atoms with E-state index < -0.39 is 0 Å². The number of amides is 2. The van der Waals surface area contributed by atoms with Crippen LogP contribution in [-0.2, 0) is 11.3 Å². The molecule has 216 valence electrons. The van der Waals surface area contributed by atoms with Crippen LogP contribution in [-0.4, -0.2) is 74.2 Å². The van der Waals surface area contributed by atoms with E-state index in [0.29, 0.717) is 12.1 Å². The first-order valence-corrected chi connectivity index (χ1v) is 14.5. The number of piperazine rings is 1. The number of hydrogen-bond acceptors (Lipinski definition) is 6. The van der Waals surface area contributed by atoms with Gasteiger partial charge in [0.05, 0.1) is 18.5 Å². The molecule has 2 aliphatic rings. The summed E-state index contributed by atoms with van der Waals surface area (Å²) < 4.78 is 5.15. The summed E-state index contributed by atoms with van der Waals surface area (Å²) in [6.45, 7) is 4.21. The summed E-state index contributed by atoms with van der Waals surface area (Å²) in [7, 11) is 3.57. The predicted octanol–water partition coefficient (Wildman–Crippen LogP) is 5.20. The van der Waals surface area contributed by atoms with E-state index in [4.69, 9.17) is 10.5 Å². The molecule has 1 aliphatic carbocycles. The highest BCUT2D eigenvalue weighted by atomic mass is 16.5. The number of carbonyl (C=O) groups is 2. The van der Waals surface area contributed by atoms with Crippen LogP contribution in [0, 0.1) is 0 Å². The fourth-order valence-corrected chi connectivity index (χ4v) is 5.84. The van der Waals surface area contributed by atoms with Crippen molar-refractivity contribution in [1.82, 2.24) is 9.80 Å². The Balaban J connectivity index is 1.42. The lowest BCUT2D eigenvalue weighted by Crippen LogP contribution is -2.44. The van der Waals surface area contributed by atoms with Crippen molar-refractivity contribution in [2.45, 2.75) is 44.3 Å². The third-order valence-corrected chi connectivity index (χ3v) is 8.33. The zero-order valence-corrected chi connectivity index (χ0v) is 24.1. The van der Waals surface area contributed by atoms with Crippen molar-refractivity contribution in [3.05, 3.63) is 83.9 Å². The number of nitrogens with two attached hydrogens (primary N) is 1. The zero-order valence-electron chi connectivity index (χ0n) is 24.1. The molecule has 0 spiro atoms. The molecule has 3 aromatic rings. The summed E-state index contributed by atoms with van der Waals surface area (Å²) in [5, 5.41) is 3.19. The standard InChI is InChI=1S/C33H41N5O3/c1-36-17-19-37(20-18-36)31-16-11-27(22-30(31)35-32(39)25-8-4-3-5-9-25)26-10-6-7-24(21-26)23-38(33(40)41-2)29-14-12-28(34)13-15-29/h3-11,16,21-22,28-29H,12-15,17-20,23,34H2,1-2H3,(H,35,39). The molecular weight excluding hydrogens is 514 g/mol. The van der Waals surface area contributed by atoms with E-state index in [9.17, 15) is 9.59 Å². The zero-order chi connectivity index (χ0) is 28.8. The second kappa shape index (κ2) is 13.2. The van der Waals surface area contributed by atoms with Gasteiger partial charge in [0.1, 0.15) is 0 Å². The van der Waals surface area contributed by atoms with Crippen LogP contribution in [0.25, 0.3) is 11.1 Å². The van der Waals surface area contributed by atoms with E-state index in [0.717, 1.165) is 79.9 Å². The fraction of sp³-hybridized carbons (Fsp3) is 0.394. The van der Waals surface area contributed by atoms with Crippen molar-refractivity contribution >= 4 is 23.4 Å². The topological polar surface area (TPSA) is 91.1 Å². The number of benzene rings is 3. The summed E-state index contributed by atoms with van der Waals surface area (Å²) in [6.07, 6.45) is 3.28. The molecule has 1 aliphatic heterocycles. The highest BCUT2D eigenvalue weighted by Crippen LogP contribution is 2.33. The summed E-state index contributed by atoms with van der Waals surface area (Å²) >= 11 is 0. The average molecular weight is 556 g/mol. The molecule has 2 amide bonds.